The van der Waals surface area contributed by atoms with E-state index in [-0.39, 0.29) is 37.0 Å². The van der Waals surface area contributed by atoms with Crippen LogP contribution in [0.2, 0.25) is 0 Å². The molecule has 1 fully saturated rings. The van der Waals surface area contributed by atoms with Crippen LogP contribution in [0.25, 0.3) is 0 Å². The van der Waals surface area contributed by atoms with Gasteiger partial charge in [0, 0.05) is 18.2 Å². The standard InChI is InChI=1S/C17H24N4O3/c1-11(2)7-14(8-18)20-16(23)13-5-3-12(4-6-13)10-21-15(22)9-19-17(21)24/h3-6,11,14H,7-10,18H2,1-2H3,(H,19,24)(H,20,23). The fourth-order valence-corrected chi connectivity index (χ4v) is 2.61. The SMILES string of the molecule is CC(C)CC(CN)NC(=O)c1ccc(CN2C(=O)CNC2=O)cc1. The van der Waals surface area contributed by atoms with Crippen molar-refractivity contribution >= 4 is 17.8 Å². The van der Waals surface area contributed by atoms with Crippen LogP contribution >= 0.6 is 0 Å². The van der Waals surface area contributed by atoms with Crippen LogP contribution < -0.4 is 16.4 Å². The molecule has 1 aromatic carbocycles. The first-order valence-corrected chi connectivity index (χ1v) is 8.08. The molecule has 0 spiro atoms. The minimum atomic E-state index is -0.388. The first-order valence-electron chi connectivity index (χ1n) is 8.08. The van der Waals surface area contributed by atoms with Crippen molar-refractivity contribution in [2.75, 3.05) is 13.1 Å². The predicted molar refractivity (Wildman–Crippen MR) is 90.2 cm³/mol. The average molecular weight is 332 g/mol. The van der Waals surface area contributed by atoms with E-state index in [4.69, 9.17) is 5.73 Å². The highest BCUT2D eigenvalue weighted by Crippen LogP contribution is 2.11. The van der Waals surface area contributed by atoms with Gasteiger partial charge in [0.2, 0.25) is 5.91 Å². The zero-order chi connectivity index (χ0) is 17.7. The molecular weight excluding hydrogens is 308 g/mol. The maximum absolute atomic E-state index is 12.3. The van der Waals surface area contributed by atoms with Crippen molar-refractivity contribution < 1.29 is 14.4 Å². The maximum Gasteiger partial charge on any atom is 0.324 e. The number of carbonyl (C=O) groups excluding carboxylic acids is 3. The Balaban J connectivity index is 1.97. The lowest BCUT2D eigenvalue weighted by Gasteiger charge is -2.19. The number of rotatable bonds is 7. The summed E-state index contributed by atoms with van der Waals surface area (Å²) in [5.74, 6) is 0.0271. The monoisotopic (exact) mass is 332 g/mol. The Bertz CT molecular complexity index is 597. The van der Waals surface area contributed by atoms with Gasteiger partial charge >= 0.3 is 6.03 Å². The lowest BCUT2D eigenvalue weighted by molar-refractivity contribution is -0.125. The van der Waals surface area contributed by atoms with E-state index in [9.17, 15) is 14.4 Å². The van der Waals surface area contributed by atoms with Crippen molar-refractivity contribution in [3.05, 3.63) is 35.4 Å². The molecule has 4 amide bonds. The van der Waals surface area contributed by atoms with E-state index in [2.05, 4.69) is 24.5 Å². The van der Waals surface area contributed by atoms with Gasteiger partial charge < -0.3 is 16.4 Å². The van der Waals surface area contributed by atoms with E-state index in [1.165, 1.54) is 0 Å². The van der Waals surface area contributed by atoms with Crippen molar-refractivity contribution in [1.29, 1.82) is 0 Å². The van der Waals surface area contributed by atoms with Gasteiger partial charge in [0.15, 0.2) is 0 Å². The third-order valence-corrected chi connectivity index (χ3v) is 3.87. The summed E-state index contributed by atoms with van der Waals surface area (Å²) in [5, 5.41) is 5.40. The molecule has 2 rings (SSSR count). The molecule has 24 heavy (non-hydrogen) atoms. The number of imide groups is 1. The molecule has 0 aromatic heterocycles. The molecule has 0 bridgehead atoms. The Hall–Kier alpha value is -2.41. The Morgan fingerprint density at radius 3 is 2.46 bits per heavy atom. The van der Waals surface area contributed by atoms with Crippen molar-refractivity contribution in [3.8, 4) is 0 Å². The molecule has 1 aliphatic rings. The number of nitrogens with one attached hydrogen (secondary N) is 2. The second-order valence-electron chi connectivity index (χ2n) is 6.37. The summed E-state index contributed by atoms with van der Waals surface area (Å²) < 4.78 is 0. The molecule has 1 atom stereocenters. The molecule has 7 heteroatoms. The Labute approximate surface area is 141 Å². The maximum atomic E-state index is 12.3. The minimum absolute atomic E-state index is 0.0374. The molecule has 0 saturated carbocycles. The number of nitrogens with two attached hydrogens (primary N) is 1. The number of carbonyl (C=O) groups is 3. The number of nitrogens with zero attached hydrogens (tertiary/aromatic N) is 1. The largest absolute Gasteiger partial charge is 0.348 e. The van der Waals surface area contributed by atoms with Gasteiger partial charge in [0.05, 0.1) is 13.1 Å². The van der Waals surface area contributed by atoms with Crippen molar-refractivity contribution in [2.24, 2.45) is 11.7 Å². The molecule has 1 saturated heterocycles. The summed E-state index contributed by atoms with van der Waals surface area (Å²) in [6.45, 7) is 4.80. The molecule has 0 aliphatic carbocycles. The van der Waals surface area contributed by atoms with Crippen LogP contribution in [-0.4, -0.2) is 41.9 Å². The van der Waals surface area contributed by atoms with Crippen LogP contribution in [0.3, 0.4) is 0 Å². The summed E-state index contributed by atoms with van der Waals surface area (Å²) in [6, 6.07) is 6.42. The van der Waals surface area contributed by atoms with Gasteiger partial charge in [-0.3, -0.25) is 14.5 Å². The molecule has 1 aromatic rings. The van der Waals surface area contributed by atoms with E-state index in [1.807, 2.05) is 0 Å². The van der Waals surface area contributed by atoms with Crippen LogP contribution in [0.1, 0.15) is 36.2 Å². The average Bonchev–Trinajstić information content (AvgIpc) is 2.86. The van der Waals surface area contributed by atoms with Crippen LogP contribution in [0.4, 0.5) is 4.79 Å². The topological polar surface area (TPSA) is 105 Å². The van der Waals surface area contributed by atoms with Gasteiger partial charge in [-0.25, -0.2) is 4.79 Å². The van der Waals surface area contributed by atoms with Crippen molar-refractivity contribution in [2.45, 2.75) is 32.9 Å². The molecule has 130 valence electrons. The first-order chi connectivity index (χ1) is 11.4. The van der Waals surface area contributed by atoms with Crippen LogP contribution in [0, 0.1) is 5.92 Å². The molecular formula is C17H24N4O3. The normalized spacial score (nSPS) is 15.6. The van der Waals surface area contributed by atoms with Gasteiger partial charge in [0.25, 0.3) is 5.91 Å². The van der Waals surface area contributed by atoms with E-state index in [0.29, 0.717) is 18.0 Å². The van der Waals surface area contributed by atoms with E-state index < -0.39 is 0 Å². The lowest BCUT2D eigenvalue weighted by Crippen LogP contribution is -2.41. The van der Waals surface area contributed by atoms with Crippen LogP contribution in [0.5, 0.6) is 0 Å². The van der Waals surface area contributed by atoms with Gasteiger partial charge in [-0.15, -0.1) is 0 Å². The number of hydrogen-bond acceptors (Lipinski definition) is 4. The quantitative estimate of drug-likeness (QED) is 0.644. The zero-order valence-electron chi connectivity index (χ0n) is 14.0. The van der Waals surface area contributed by atoms with Gasteiger partial charge in [-0.05, 0) is 30.0 Å². The molecule has 7 nitrogen and oxygen atoms in total. The fourth-order valence-electron chi connectivity index (χ4n) is 2.61. The van der Waals surface area contributed by atoms with E-state index in [1.54, 1.807) is 24.3 Å². The highest BCUT2D eigenvalue weighted by atomic mass is 16.2. The van der Waals surface area contributed by atoms with Crippen LogP contribution in [0.15, 0.2) is 24.3 Å². The molecule has 4 N–H and O–H groups in total. The molecule has 1 aliphatic heterocycles. The van der Waals surface area contributed by atoms with E-state index in [0.717, 1.165) is 16.9 Å². The zero-order valence-corrected chi connectivity index (χ0v) is 14.0. The second-order valence-corrected chi connectivity index (χ2v) is 6.37. The summed E-state index contributed by atoms with van der Waals surface area (Å²) in [5.41, 5.74) is 7.01. The number of urea groups is 1. The fraction of sp³-hybridized carbons (Fsp3) is 0.471. The Kier molecular flexibility index (Phi) is 5.92. The van der Waals surface area contributed by atoms with Crippen molar-refractivity contribution in [1.82, 2.24) is 15.5 Å². The Morgan fingerprint density at radius 2 is 1.96 bits per heavy atom. The summed E-state index contributed by atoms with van der Waals surface area (Å²) in [7, 11) is 0. The third-order valence-electron chi connectivity index (χ3n) is 3.87. The summed E-state index contributed by atoms with van der Waals surface area (Å²) in [6.07, 6.45) is 0.826. The summed E-state index contributed by atoms with van der Waals surface area (Å²) in [4.78, 5) is 36.5. The van der Waals surface area contributed by atoms with Gasteiger partial charge in [-0.1, -0.05) is 26.0 Å². The molecule has 0 radical (unpaired) electrons. The molecule has 1 unspecified atom stereocenters. The highest BCUT2D eigenvalue weighted by molar-refractivity contribution is 6.01. The highest BCUT2D eigenvalue weighted by Gasteiger charge is 2.28. The van der Waals surface area contributed by atoms with Gasteiger partial charge in [-0.2, -0.15) is 0 Å². The number of benzene rings is 1. The lowest BCUT2D eigenvalue weighted by atomic mass is 10.0. The first kappa shape index (κ1) is 17.9. The number of hydrogen-bond donors (Lipinski definition) is 3. The third kappa shape index (κ3) is 4.55. The van der Waals surface area contributed by atoms with E-state index >= 15 is 0 Å². The Morgan fingerprint density at radius 1 is 1.29 bits per heavy atom. The summed E-state index contributed by atoms with van der Waals surface area (Å²) >= 11 is 0. The van der Waals surface area contributed by atoms with Gasteiger partial charge in [0.1, 0.15) is 0 Å². The van der Waals surface area contributed by atoms with Crippen LogP contribution in [-0.2, 0) is 11.3 Å². The number of amides is 4. The second kappa shape index (κ2) is 7.92. The minimum Gasteiger partial charge on any atom is -0.348 e. The molecule has 1 heterocycles. The van der Waals surface area contributed by atoms with Crippen molar-refractivity contribution in [3.63, 3.8) is 0 Å². The smallest absolute Gasteiger partial charge is 0.324 e. The predicted octanol–water partition coefficient (Wildman–Crippen LogP) is 0.842.